The second-order valence-electron chi connectivity index (χ2n) is 6.74. The molecule has 2 rings (SSSR count). The van der Waals surface area contributed by atoms with E-state index in [-0.39, 0.29) is 5.54 Å². The largest absolute Gasteiger partial charge is 0.495 e. The van der Waals surface area contributed by atoms with Gasteiger partial charge in [0.2, 0.25) is 0 Å². The Kier molecular flexibility index (Phi) is 5.15. The molecule has 0 aliphatic heterocycles. The van der Waals surface area contributed by atoms with Crippen LogP contribution in [-0.4, -0.2) is 26.2 Å². The highest BCUT2D eigenvalue weighted by Crippen LogP contribution is 2.42. The van der Waals surface area contributed by atoms with Crippen molar-refractivity contribution < 1.29 is 4.74 Å². The van der Waals surface area contributed by atoms with Gasteiger partial charge in [-0.3, -0.25) is 0 Å². The van der Waals surface area contributed by atoms with Gasteiger partial charge in [0.25, 0.3) is 0 Å². The van der Waals surface area contributed by atoms with Crippen LogP contribution in [0.3, 0.4) is 0 Å². The number of hydrogen-bond donors (Lipinski definition) is 1. The van der Waals surface area contributed by atoms with Crippen LogP contribution < -0.4 is 15.4 Å². The van der Waals surface area contributed by atoms with Crippen LogP contribution in [0.2, 0.25) is 0 Å². The van der Waals surface area contributed by atoms with Crippen molar-refractivity contribution in [1.82, 2.24) is 0 Å². The second-order valence-corrected chi connectivity index (χ2v) is 6.74. The van der Waals surface area contributed by atoms with E-state index in [0.717, 1.165) is 23.3 Å². The lowest BCUT2D eigenvalue weighted by atomic mass is 9.72. The molecule has 1 fully saturated rings. The number of nitrogens with zero attached hydrogens (tertiary/aromatic N) is 1. The van der Waals surface area contributed by atoms with Crippen LogP contribution in [0.25, 0.3) is 0 Å². The lowest BCUT2D eigenvalue weighted by Crippen LogP contribution is -2.54. The summed E-state index contributed by atoms with van der Waals surface area (Å²) in [6.07, 6.45) is 4.88. The Bertz CT molecular complexity index is 450. The van der Waals surface area contributed by atoms with Crippen LogP contribution in [0.1, 0.15) is 39.5 Å². The Labute approximate surface area is 129 Å². The lowest BCUT2D eigenvalue weighted by Gasteiger charge is -2.48. The van der Waals surface area contributed by atoms with Gasteiger partial charge in [-0.1, -0.05) is 26.0 Å². The molecule has 118 valence electrons. The summed E-state index contributed by atoms with van der Waals surface area (Å²) in [6.45, 7) is 5.38. The van der Waals surface area contributed by atoms with Crippen LogP contribution >= 0.6 is 0 Å². The second kappa shape index (κ2) is 6.69. The highest BCUT2D eigenvalue weighted by atomic mass is 16.5. The predicted molar refractivity (Wildman–Crippen MR) is 90.0 cm³/mol. The molecule has 1 aliphatic rings. The number of methoxy groups -OCH3 is 1. The van der Waals surface area contributed by atoms with Crippen LogP contribution in [-0.2, 0) is 0 Å². The number of ether oxygens (including phenoxy) is 1. The molecule has 1 aliphatic carbocycles. The SMILES string of the molecule is COc1ccccc1N(C)C1(CN)CCC(C(C)C)CC1. The zero-order chi connectivity index (χ0) is 15.5. The minimum Gasteiger partial charge on any atom is -0.495 e. The van der Waals surface area contributed by atoms with Gasteiger partial charge in [-0.15, -0.1) is 0 Å². The minimum absolute atomic E-state index is 0.0695. The van der Waals surface area contributed by atoms with E-state index in [0.29, 0.717) is 6.54 Å². The molecule has 21 heavy (non-hydrogen) atoms. The summed E-state index contributed by atoms with van der Waals surface area (Å²) < 4.78 is 5.52. The Morgan fingerprint density at radius 2 is 1.90 bits per heavy atom. The summed E-state index contributed by atoms with van der Waals surface area (Å²) >= 11 is 0. The normalized spacial score (nSPS) is 25.9. The van der Waals surface area contributed by atoms with Gasteiger partial charge in [0.1, 0.15) is 5.75 Å². The fraction of sp³-hybridized carbons (Fsp3) is 0.667. The number of rotatable bonds is 5. The standard InChI is InChI=1S/C18H30N2O/c1-14(2)15-9-11-18(13-19,12-10-15)20(3)16-7-5-6-8-17(16)21-4/h5-8,14-15H,9-13,19H2,1-4H3. The molecule has 2 N–H and O–H groups in total. The number of likely N-dealkylation sites (N-methyl/N-ethyl adjacent to an activating group) is 1. The summed E-state index contributed by atoms with van der Waals surface area (Å²) in [7, 11) is 3.90. The molecule has 0 unspecified atom stereocenters. The molecule has 1 aromatic rings. The van der Waals surface area contributed by atoms with Crippen molar-refractivity contribution in [2.45, 2.75) is 45.1 Å². The molecule has 3 nitrogen and oxygen atoms in total. The monoisotopic (exact) mass is 290 g/mol. The summed E-state index contributed by atoms with van der Waals surface area (Å²) in [5.41, 5.74) is 7.42. The van der Waals surface area contributed by atoms with Crippen molar-refractivity contribution in [2.75, 3.05) is 25.6 Å². The van der Waals surface area contributed by atoms with E-state index in [4.69, 9.17) is 10.5 Å². The first-order valence-corrected chi connectivity index (χ1v) is 8.11. The van der Waals surface area contributed by atoms with Crippen molar-refractivity contribution in [2.24, 2.45) is 17.6 Å². The van der Waals surface area contributed by atoms with Crippen molar-refractivity contribution in [3.8, 4) is 5.75 Å². The Hall–Kier alpha value is -1.22. The summed E-state index contributed by atoms with van der Waals surface area (Å²) in [6, 6.07) is 8.24. The number of benzene rings is 1. The van der Waals surface area contributed by atoms with Gasteiger partial charge >= 0.3 is 0 Å². The minimum atomic E-state index is 0.0695. The molecule has 0 saturated heterocycles. The number of nitrogens with two attached hydrogens (primary N) is 1. The number of para-hydroxylation sites is 2. The van der Waals surface area contributed by atoms with E-state index < -0.39 is 0 Å². The zero-order valence-corrected chi connectivity index (χ0v) is 13.9. The van der Waals surface area contributed by atoms with Crippen molar-refractivity contribution in [3.63, 3.8) is 0 Å². The van der Waals surface area contributed by atoms with Crippen molar-refractivity contribution >= 4 is 5.69 Å². The number of anilines is 1. The maximum Gasteiger partial charge on any atom is 0.142 e. The van der Waals surface area contributed by atoms with Crippen LogP contribution in [0.15, 0.2) is 24.3 Å². The summed E-state index contributed by atoms with van der Waals surface area (Å²) in [5.74, 6) is 2.55. The fourth-order valence-electron chi connectivity index (χ4n) is 3.68. The molecule has 0 amide bonds. The zero-order valence-electron chi connectivity index (χ0n) is 13.9. The van der Waals surface area contributed by atoms with Crippen molar-refractivity contribution in [1.29, 1.82) is 0 Å². The molecule has 1 saturated carbocycles. The molecule has 0 aromatic heterocycles. The maximum absolute atomic E-state index is 6.21. The van der Waals surface area contributed by atoms with Crippen molar-refractivity contribution in [3.05, 3.63) is 24.3 Å². The smallest absolute Gasteiger partial charge is 0.142 e. The Balaban J connectivity index is 2.21. The fourth-order valence-corrected chi connectivity index (χ4v) is 3.68. The first kappa shape index (κ1) is 16.2. The van der Waals surface area contributed by atoms with Gasteiger partial charge in [-0.25, -0.2) is 0 Å². The van der Waals surface area contributed by atoms with Crippen LogP contribution in [0.5, 0.6) is 5.75 Å². The van der Waals surface area contributed by atoms with Gasteiger partial charge < -0.3 is 15.4 Å². The third-order valence-corrected chi connectivity index (χ3v) is 5.44. The average Bonchev–Trinajstić information content (AvgIpc) is 2.54. The highest BCUT2D eigenvalue weighted by molar-refractivity contribution is 5.59. The topological polar surface area (TPSA) is 38.5 Å². The summed E-state index contributed by atoms with van der Waals surface area (Å²) in [4.78, 5) is 2.36. The van der Waals surface area contributed by atoms with Gasteiger partial charge in [0.05, 0.1) is 18.3 Å². The first-order chi connectivity index (χ1) is 10.0. The van der Waals surface area contributed by atoms with Gasteiger partial charge in [0, 0.05) is 13.6 Å². The van der Waals surface area contributed by atoms with Crippen LogP contribution in [0, 0.1) is 11.8 Å². The Morgan fingerprint density at radius 3 is 2.43 bits per heavy atom. The lowest BCUT2D eigenvalue weighted by molar-refractivity contribution is 0.194. The van der Waals surface area contributed by atoms with E-state index in [2.05, 4.69) is 37.9 Å². The van der Waals surface area contributed by atoms with E-state index in [1.807, 2.05) is 12.1 Å². The molecule has 0 radical (unpaired) electrons. The third kappa shape index (κ3) is 3.18. The third-order valence-electron chi connectivity index (χ3n) is 5.44. The molecule has 0 bridgehead atoms. The first-order valence-electron chi connectivity index (χ1n) is 8.11. The summed E-state index contributed by atoms with van der Waals surface area (Å²) in [5, 5.41) is 0. The van der Waals surface area contributed by atoms with Gasteiger partial charge in [0.15, 0.2) is 0 Å². The predicted octanol–water partition coefficient (Wildman–Crippen LogP) is 3.68. The quantitative estimate of drug-likeness (QED) is 0.899. The van der Waals surface area contributed by atoms with E-state index in [1.54, 1.807) is 7.11 Å². The van der Waals surface area contributed by atoms with E-state index in [1.165, 1.54) is 25.7 Å². The number of hydrogen-bond acceptors (Lipinski definition) is 3. The van der Waals surface area contributed by atoms with E-state index >= 15 is 0 Å². The van der Waals surface area contributed by atoms with Crippen LogP contribution in [0.4, 0.5) is 5.69 Å². The molecule has 0 heterocycles. The van der Waals surface area contributed by atoms with E-state index in [9.17, 15) is 0 Å². The Morgan fingerprint density at radius 1 is 1.29 bits per heavy atom. The molecular formula is C18H30N2O. The molecular weight excluding hydrogens is 260 g/mol. The molecule has 3 heteroatoms. The average molecular weight is 290 g/mol. The van der Waals surface area contributed by atoms with Gasteiger partial charge in [-0.2, -0.15) is 0 Å². The molecule has 0 spiro atoms. The molecule has 0 atom stereocenters. The molecule has 1 aromatic carbocycles. The highest BCUT2D eigenvalue weighted by Gasteiger charge is 2.39. The van der Waals surface area contributed by atoms with Gasteiger partial charge in [-0.05, 0) is 49.7 Å². The maximum atomic E-state index is 6.21.